The average molecular weight is 534 g/mol. The summed E-state index contributed by atoms with van der Waals surface area (Å²) < 4.78 is 5.41. The summed E-state index contributed by atoms with van der Waals surface area (Å²) in [4.78, 5) is 36.6. The molecule has 3 aliphatic rings. The highest BCUT2D eigenvalue weighted by Crippen LogP contribution is 2.33. The SMILES string of the molecule is O=C(CN1Cc2ccc(-c3nc(NC4CCOCC4)ncc3Cl)cc2C1=O)N[C@@H]1c2ccccc2C[C@@H]1O. The fraction of sp³-hybridized carbons (Fsp3) is 0.357. The summed E-state index contributed by atoms with van der Waals surface area (Å²) in [6.07, 6.45) is 3.13. The fourth-order valence-corrected chi connectivity index (χ4v) is 5.64. The van der Waals surface area contributed by atoms with Crippen LogP contribution in [0.15, 0.2) is 48.7 Å². The van der Waals surface area contributed by atoms with Crippen LogP contribution in [-0.2, 0) is 22.5 Å². The lowest BCUT2D eigenvalue weighted by atomic mass is 10.0. The first-order valence-corrected chi connectivity index (χ1v) is 13.2. The molecule has 2 atom stereocenters. The van der Waals surface area contributed by atoms with Gasteiger partial charge in [-0.05, 0) is 35.6 Å². The minimum absolute atomic E-state index is 0.0956. The van der Waals surface area contributed by atoms with E-state index >= 15 is 0 Å². The van der Waals surface area contributed by atoms with E-state index in [1.54, 1.807) is 12.3 Å². The predicted molar refractivity (Wildman–Crippen MR) is 142 cm³/mol. The highest BCUT2D eigenvalue weighted by atomic mass is 35.5. The Morgan fingerprint density at radius 2 is 1.97 bits per heavy atom. The van der Waals surface area contributed by atoms with Crippen molar-refractivity contribution in [1.29, 1.82) is 0 Å². The topological polar surface area (TPSA) is 117 Å². The normalized spacial score (nSPS) is 20.8. The number of nitrogens with zero attached hydrogens (tertiary/aromatic N) is 3. The molecule has 2 amide bonds. The number of ether oxygens (including phenoxy) is 1. The van der Waals surface area contributed by atoms with Crippen LogP contribution in [0.4, 0.5) is 5.95 Å². The van der Waals surface area contributed by atoms with Crippen molar-refractivity contribution >= 4 is 29.4 Å². The van der Waals surface area contributed by atoms with Crippen molar-refractivity contribution < 1.29 is 19.4 Å². The maximum atomic E-state index is 13.2. The highest BCUT2D eigenvalue weighted by molar-refractivity contribution is 6.33. The van der Waals surface area contributed by atoms with Crippen LogP contribution in [-0.4, -0.2) is 63.7 Å². The molecular weight excluding hydrogens is 506 g/mol. The summed E-state index contributed by atoms with van der Waals surface area (Å²) in [5, 5.41) is 17.1. The van der Waals surface area contributed by atoms with Gasteiger partial charge in [0.1, 0.15) is 6.54 Å². The number of hydrogen-bond acceptors (Lipinski definition) is 7. The highest BCUT2D eigenvalue weighted by Gasteiger charge is 2.34. The van der Waals surface area contributed by atoms with E-state index in [1.165, 1.54) is 4.90 Å². The molecule has 2 aliphatic heterocycles. The summed E-state index contributed by atoms with van der Waals surface area (Å²) in [5.41, 5.74) is 4.55. The third-order valence-electron chi connectivity index (χ3n) is 7.42. The van der Waals surface area contributed by atoms with E-state index in [2.05, 4.69) is 20.6 Å². The molecule has 6 rings (SSSR count). The van der Waals surface area contributed by atoms with Gasteiger partial charge in [-0.2, -0.15) is 0 Å². The smallest absolute Gasteiger partial charge is 0.254 e. The maximum absolute atomic E-state index is 13.2. The van der Waals surface area contributed by atoms with Crippen LogP contribution in [0.5, 0.6) is 0 Å². The first-order valence-electron chi connectivity index (χ1n) is 12.8. The van der Waals surface area contributed by atoms with E-state index in [-0.39, 0.29) is 24.4 Å². The van der Waals surface area contributed by atoms with Gasteiger partial charge in [-0.15, -0.1) is 0 Å². The molecule has 3 heterocycles. The Morgan fingerprint density at radius 3 is 2.82 bits per heavy atom. The average Bonchev–Trinajstić information content (AvgIpc) is 3.40. The van der Waals surface area contributed by atoms with Gasteiger partial charge >= 0.3 is 0 Å². The molecule has 2 aromatic carbocycles. The maximum Gasteiger partial charge on any atom is 0.254 e. The number of halogens is 1. The molecule has 0 bridgehead atoms. The van der Waals surface area contributed by atoms with Crippen molar-refractivity contribution in [2.75, 3.05) is 25.1 Å². The Bertz CT molecular complexity index is 1390. The molecule has 0 spiro atoms. The van der Waals surface area contributed by atoms with Crippen molar-refractivity contribution in [3.63, 3.8) is 0 Å². The lowest BCUT2D eigenvalue weighted by molar-refractivity contribution is -0.123. The second-order valence-corrected chi connectivity index (χ2v) is 10.4. The monoisotopic (exact) mass is 533 g/mol. The van der Waals surface area contributed by atoms with Crippen LogP contribution in [0.25, 0.3) is 11.3 Å². The van der Waals surface area contributed by atoms with Crippen molar-refractivity contribution in [2.24, 2.45) is 0 Å². The summed E-state index contributed by atoms with van der Waals surface area (Å²) in [5.74, 6) is -0.0537. The number of fused-ring (bicyclic) bond motifs is 2. The molecule has 0 saturated carbocycles. The Morgan fingerprint density at radius 1 is 1.16 bits per heavy atom. The van der Waals surface area contributed by atoms with Crippen molar-refractivity contribution in [2.45, 2.75) is 44.0 Å². The van der Waals surface area contributed by atoms with Gasteiger partial charge < -0.3 is 25.4 Å². The van der Waals surface area contributed by atoms with Gasteiger partial charge in [-0.25, -0.2) is 9.97 Å². The van der Waals surface area contributed by atoms with Crippen molar-refractivity contribution in [3.8, 4) is 11.3 Å². The number of amides is 2. The number of aliphatic hydroxyl groups excluding tert-OH is 1. The number of anilines is 1. The molecule has 0 radical (unpaired) electrons. The van der Waals surface area contributed by atoms with E-state index < -0.39 is 12.1 Å². The van der Waals surface area contributed by atoms with Crippen LogP contribution in [0, 0.1) is 0 Å². The van der Waals surface area contributed by atoms with Crippen molar-refractivity contribution in [1.82, 2.24) is 20.2 Å². The van der Waals surface area contributed by atoms with Crippen LogP contribution < -0.4 is 10.6 Å². The molecule has 9 nitrogen and oxygen atoms in total. The molecule has 1 aromatic heterocycles. The van der Waals surface area contributed by atoms with Crippen LogP contribution in [0.1, 0.15) is 45.9 Å². The lowest BCUT2D eigenvalue weighted by Crippen LogP contribution is -2.41. The minimum Gasteiger partial charge on any atom is -0.390 e. The van der Waals surface area contributed by atoms with Gasteiger partial charge in [0.05, 0.1) is 29.1 Å². The first-order chi connectivity index (χ1) is 18.5. The largest absolute Gasteiger partial charge is 0.390 e. The fourth-order valence-electron chi connectivity index (χ4n) is 5.44. The molecule has 10 heteroatoms. The summed E-state index contributed by atoms with van der Waals surface area (Å²) in [7, 11) is 0. The third-order valence-corrected chi connectivity index (χ3v) is 7.69. The van der Waals surface area contributed by atoms with Crippen molar-refractivity contribution in [3.05, 3.63) is 75.9 Å². The molecule has 0 unspecified atom stereocenters. The lowest BCUT2D eigenvalue weighted by Gasteiger charge is -2.23. The molecule has 3 N–H and O–H groups in total. The van der Waals surface area contributed by atoms with Crippen LogP contribution in [0.3, 0.4) is 0 Å². The molecule has 3 aromatic rings. The van der Waals surface area contributed by atoms with Gasteiger partial charge in [0.15, 0.2) is 0 Å². The molecule has 196 valence electrons. The standard InChI is InChI=1S/C28H28ClN5O4/c29-22-13-30-28(31-19-7-9-38-10-8-19)33-25(22)17-5-6-18-14-34(27(37)21(18)11-17)15-24(36)32-26-20-4-2-1-3-16(20)12-23(26)35/h1-6,11,13,19,23,26,35H,7-10,12,14-15H2,(H,32,36)(H,30,31,33)/t23-,26+/m0/s1. The van der Waals surface area contributed by atoms with Gasteiger partial charge in [0.25, 0.3) is 5.91 Å². The zero-order valence-electron chi connectivity index (χ0n) is 20.7. The van der Waals surface area contributed by atoms with E-state index in [0.29, 0.717) is 54.0 Å². The minimum atomic E-state index is -0.686. The number of nitrogens with one attached hydrogen (secondary N) is 2. The molecule has 38 heavy (non-hydrogen) atoms. The summed E-state index contributed by atoms with van der Waals surface area (Å²) in [6, 6.07) is 13.0. The van der Waals surface area contributed by atoms with Gasteiger partial charge in [-0.1, -0.05) is 48.0 Å². The van der Waals surface area contributed by atoms with E-state index in [0.717, 1.165) is 29.5 Å². The van der Waals surface area contributed by atoms with E-state index in [1.807, 2.05) is 36.4 Å². The number of carbonyl (C=O) groups is 2. The van der Waals surface area contributed by atoms with E-state index in [4.69, 9.17) is 16.3 Å². The van der Waals surface area contributed by atoms with Gasteiger partial charge in [0, 0.05) is 43.3 Å². The molecule has 1 fully saturated rings. The number of aliphatic hydroxyl groups is 1. The quantitative estimate of drug-likeness (QED) is 0.446. The Labute approximate surface area is 225 Å². The van der Waals surface area contributed by atoms with Crippen LogP contribution >= 0.6 is 11.6 Å². The molecular formula is C28H28ClN5O4. The summed E-state index contributed by atoms with van der Waals surface area (Å²) >= 11 is 6.45. The zero-order valence-corrected chi connectivity index (χ0v) is 21.4. The number of aromatic nitrogens is 2. The zero-order chi connectivity index (χ0) is 26.2. The second kappa shape index (κ2) is 10.3. The number of rotatable bonds is 6. The van der Waals surface area contributed by atoms with Gasteiger partial charge in [-0.3, -0.25) is 9.59 Å². The number of hydrogen-bond donors (Lipinski definition) is 3. The predicted octanol–water partition coefficient (Wildman–Crippen LogP) is 3.12. The second-order valence-electron chi connectivity index (χ2n) is 9.97. The van der Waals surface area contributed by atoms with E-state index in [9.17, 15) is 14.7 Å². The third kappa shape index (κ3) is 4.84. The number of carbonyl (C=O) groups excluding carboxylic acids is 2. The van der Waals surface area contributed by atoms with Crippen LogP contribution in [0.2, 0.25) is 5.02 Å². The Balaban J connectivity index is 1.15. The Hall–Kier alpha value is -3.53. The molecule has 1 saturated heterocycles. The Kier molecular flexibility index (Phi) is 6.73. The number of benzene rings is 2. The summed E-state index contributed by atoms with van der Waals surface area (Å²) in [6.45, 7) is 1.64. The first kappa shape index (κ1) is 24.8. The molecule has 1 aliphatic carbocycles. The van der Waals surface area contributed by atoms with Gasteiger partial charge in [0.2, 0.25) is 11.9 Å².